The number of primary amides is 1. The van der Waals surface area contributed by atoms with Gasteiger partial charge in [0.05, 0.1) is 16.8 Å². The first-order valence-electron chi connectivity index (χ1n) is 10.3. The van der Waals surface area contributed by atoms with Crippen LogP contribution in [0, 0.1) is 10.1 Å². The Labute approximate surface area is 191 Å². The number of rotatable bonds is 9. The van der Waals surface area contributed by atoms with Crippen molar-refractivity contribution in [2.45, 2.75) is 38.2 Å². The van der Waals surface area contributed by atoms with Gasteiger partial charge in [0.15, 0.2) is 0 Å². The van der Waals surface area contributed by atoms with Crippen molar-refractivity contribution in [3.8, 4) is 0 Å². The number of hydrogen-bond acceptors (Lipinski definition) is 6. The van der Waals surface area contributed by atoms with Crippen molar-refractivity contribution in [1.29, 1.82) is 0 Å². The molecule has 0 aliphatic heterocycles. The molecule has 0 fully saturated rings. The standard InChI is InChI=1S/C23H28N4O6/c1-23(2,3)33-22(30)26-14-19(16-9-11-17(12-10-16)27(31)32)21(29)25-13-18(20(24)28)15-7-5-4-6-8-15/h4-12,18-19H,13-14H2,1-3H3,(H2,24,28)(H,25,29)(H,26,30)/t18?,19-/m1/s1. The van der Waals surface area contributed by atoms with Crippen molar-refractivity contribution in [2.75, 3.05) is 13.1 Å². The third-order valence-electron chi connectivity index (χ3n) is 4.70. The molecule has 176 valence electrons. The zero-order valence-corrected chi connectivity index (χ0v) is 18.7. The highest BCUT2D eigenvalue weighted by atomic mass is 16.6. The molecule has 0 spiro atoms. The Balaban J connectivity index is 2.18. The van der Waals surface area contributed by atoms with Gasteiger partial charge in [0.1, 0.15) is 5.60 Å². The lowest BCUT2D eigenvalue weighted by molar-refractivity contribution is -0.384. The number of amides is 3. The van der Waals surface area contributed by atoms with Crippen LogP contribution in [0.1, 0.15) is 43.7 Å². The minimum atomic E-state index is -0.886. The number of benzene rings is 2. The number of nitrogens with zero attached hydrogens (tertiary/aromatic N) is 1. The van der Waals surface area contributed by atoms with Crippen LogP contribution in [-0.4, -0.2) is 41.5 Å². The van der Waals surface area contributed by atoms with Crippen molar-refractivity contribution in [1.82, 2.24) is 10.6 Å². The molecule has 2 rings (SSSR count). The van der Waals surface area contributed by atoms with Crippen molar-refractivity contribution < 1.29 is 24.0 Å². The van der Waals surface area contributed by atoms with Gasteiger partial charge in [-0.2, -0.15) is 0 Å². The number of hydrogen-bond donors (Lipinski definition) is 3. The van der Waals surface area contributed by atoms with Crippen LogP contribution in [0.15, 0.2) is 54.6 Å². The molecule has 10 heteroatoms. The monoisotopic (exact) mass is 456 g/mol. The van der Waals surface area contributed by atoms with E-state index in [-0.39, 0.29) is 18.8 Å². The summed E-state index contributed by atoms with van der Waals surface area (Å²) in [7, 11) is 0. The van der Waals surface area contributed by atoms with E-state index in [2.05, 4.69) is 10.6 Å². The van der Waals surface area contributed by atoms with Crippen LogP contribution in [0.4, 0.5) is 10.5 Å². The first-order chi connectivity index (χ1) is 15.5. The topological polar surface area (TPSA) is 154 Å². The molecule has 4 N–H and O–H groups in total. The normalized spacial score (nSPS) is 12.8. The van der Waals surface area contributed by atoms with Gasteiger partial charge in [-0.25, -0.2) is 4.79 Å². The molecule has 0 bridgehead atoms. The molecule has 0 aromatic heterocycles. The van der Waals surface area contributed by atoms with Gasteiger partial charge in [0, 0.05) is 25.2 Å². The van der Waals surface area contributed by atoms with Gasteiger partial charge in [0.25, 0.3) is 5.69 Å². The predicted octanol–water partition coefficient (Wildman–Crippen LogP) is 2.59. The van der Waals surface area contributed by atoms with Gasteiger partial charge in [-0.1, -0.05) is 42.5 Å². The maximum atomic E-state index is 13.0. The maximum Gasteiger partial charge on any atom is 0.407 e. The zero-order chi connectivity index (χ0) is 24.6. The summed E-state index contributed by atoms with van der Waals surface area (Å²) in [6.07, 6.45) is -0.707. The number of non-ortho nitro benzene ring substituents is 1. The Kier molecular flexibility index (Phi) is 8.49. The highest BCUT2D eigenvalue weighted by Gasteiger charge is 2.26. The molecule has 3 amide bonds. The average Bonchev–Trinajstić information content (AvgIpc) is 2.73. The van der Waals surface area contributed by atoms with Gasteiger partial charge in [-0.05, 0) is 31.9 Å². The van der Waals surface area contributed by atoms with E-state index in [1.54, 1.807) is 51.1 Å². The summed E-state index contributed by atoms with van der Waals surface area (Å²) in [5, 5.41) is 16.2. The van der Waals surface area contributed by atoms with Gasteiger partial charge < -0.3 is 21.1 Å². The second kappa shape index (κ2) is 11.1. The van der Waals surface area contributed by atoms with Crippen LogP contribution in [-0.2, 0) is 14.3 Å². The third kappa shape index (κ3) is 7.91. The molecule has 2 atom stereocenters. The summed E-state index contributed by atoms with van der Waals surface area (Å²) in [5.41, 5.74) is 5.77. The molecule has 0 saturated carbocycles. The Bertz CT molecular complexity index is 986. The minimum absolute atomic E-state index is 0.0475. The molecule has 33 heavy (non-hydrogen) atoms. The van der Waals surface area contributed by atoms with E-state index < -0.39 is 40.3 Å². The number of ether oxygens (including phenoxy) is 1. The lowest BCUT2D eigenvalue weighted by Gasteiger charge is -2.23. The molecule has 2 aromatic rings. The summed E-state index contributed by atoms with van der Waals surface area (Å²) in [6, 6.07) is 14.2. The van der Waals surface area contributed by atoms with Crippen LogP contribution in [0.3, 0.4) is 0 Å². The Morgan fingerprint density at radius 3 is 2.00 bits per heavy atom. The third-order valence-corrected chi connectivity index (χ3v) is 4.70. The Hall–Kier alpha value is -3.95. The number of carbonyl (C=O) groups excluding carboxylic acids is 3. The number of alkyl carbamates (subject to hydrolysis) is 1. The van der Waals surface area contributed by atoms with E-state index in [1.807, 2.05) is 0 Å². The molecular formula is C23H28N4O6. The zero-order valence-electron chi connectivity index (χ0n) is 18.7. The molecule has 1 unspecified atom stereocenters. The van der Waals surface area contributed by atoms with Crippen molar-refractivity contribution in [3.05, 3.63) is 75.8 Å². The van der Waals surface area contributed by atoms with Gasteiger partial charge >= 0.3 is 6.09 Å². The molecule has 0 saturated heterocycles. The van der Waals surface area contributed by atoms with E-state index in [9.17, 15) is 24.5 Å². The van der Waals surface area contributed by atoms with Crippen molar-refractivity contribution in [3.63, 3.8) is 0 Å². The smallest absolute Gasteiger partial charge is 0.407 e. The van der Waals surface area contributed by atoms with E-state index in [0.29, 0.717) is 11.1 Å². The van der Waals surface area contributed by atoms with Gasteiger partial charge in [-0.3, -0.25) is 19.7 Å². The van der Waals surface area contributed by atoms with Crippen molar-refractivity contribution in [2.24, 2.45) is 5.73 Å². The number of nitrogens with one attached hydrogen (secondary N) is 2. The van der Waals surface area contributed by atoms with E-state index in [0.717, 1.165) is 0 Å². The summed E-state index contributed by atoms with van der Waals surface area (Å²) >= 11 is 0. The first-order valence-corrected chi connectivity index (χ1v) is 10.3. The van der Waals surface area contributed by atoms with Crippen molar-refractivity contribution >= 4 is 23.6 Å². The fourth-order valence-electron chi connectivity index (χ4n) is 3.08. The largest absolute Gasteiger partial charge is 0.444 e. The summed E-state index contributed by atoms with van der Waals surface area (Å²) in [4.78, 5) is 47.5. The quantitative estimate of drug-likeness (QED) is 0.389. The second-order valence-corrected chi connectivity index (χ2v) is 8.39. The summed E-state index contributed by atoms with van der Waals surface area (Å²) in [6.45, 7) is 4.96. The molecule has 0 heterocycles. The Morgan fingerprint density at radius 1 is 0.939 bits per heavy atom. The lowest BCUT2D eigenvalue weighted by Crippen LogP contribution is -2.41. The molecular weight excluding hydrogens is 428 g/mol. The number of carbonyl (C=O) groups is 3. The van der Waals surface area contributed by atoms with Crippen LogP contribution in [0.2, 0.25) is 0 Å². The summed E-state index contributed by atoms with van der Waals surface area (Å²) in [5.74, 6) is -2.71. The molecule has 0 radical (unpaired) electrons. The minimum Gasteiger partial charge on any atom is -0.444 e. The lowest BCUT2D eigenvalue weighted by atomic mass is 9.95. The molecule has 0 aliphatic carbocycles. The van der Waals surface area contributed by atoms with Crippen LogP contribution >= 0.6 is 0 Å². The average molecular weight is 456 g/mol. The van der Waals surface area contributed by atoms with Crippen LogP contribution < -0.4 is 16.4 Å². The van der Waals surface area contributed by atoms with Crippen LogP contribution in [0.25, 0.3) is 0 Å². The van der Waals surface area contributed by atoms with E-state index in [1.165, 1.54) is 24.3 Å². The predicted molar refractivity (Wildman–Crippen MR) is 121 cm³/mol. The maximum absolute atomic E-state index is 13.0. The highest BCUT2D eigenvalue weighted by Crippen LogP contribution is 2.21. The van der Waals surface area contributed by atoms with E-state index >= 15 is 0 Å². The Morgan fingerprint density at radius 2 is 1.48 bits per heavy atom. The fourth-order valence-corrected chi connectivity index (χ4v) is 3.08. The fraction of sp³-hybridized carbons (Fsp3) is 0.348. The second-order valence-electron chi connectivity index (χ2n) is 8.39. The summed E-state index contributed by atoms with van der Waals surface area (Å²) < 4.78 is 5.21. The number of nitro benzene ring substituents is 1. The SMILES string of the molecule is CC(C)(C)OC(=O)NC[C@@H](C(=O)NCC(C(N)=O)c1ccccc1)c1ccc([N+](=O)[O-])cc1. The number of nitrogens with two attached hydrogens (primary N) is 1. The number of nitro groups is 1. The van der Waals surface area contributed by atoms with E-state index in [4.69, 9.17) is 10.5 Å². The van der Waals surface area contributed by atoms with Gasteiger partial charge in [0.2, 0.25) is 11.8 Å². The molecule has 2 aromatic carbocycles. The molecule has 10 nitrogen and oxygen atoms in total. The van der Waals surface area contributed by atoms with Gasteiger partial charge in [-0.15, -0.1) is 0 Å². The first kappa shape index (κ1) is 25.3. The highest BCUT2D eigenvalue weighted by molar-refractivity contribution is 5.87. The van der Waals surface area contributed by atoms with Crippen LogP contribution in [0.5, 0.6) is 0 Å². The molecule has 0 aliphatic rings.